The molecule has 0 spiro atoms. The standard InChI is InChI=1S/C16H16O2S2/c1-14-8-10-16(11-9-14)20(17,18)13-5-12-19-15-6-3-2-4-7-15/h2-12H,13H2,1H3/b12-5-. The maximum absolute atomic E-state index is 12.1. The summed E-state index contributed by atoms with van der Waals surface area (Å²) in [5.41, 5.74) is 1.05. The topological polar surface area (TPSA) is 34.1 Å². The molecule has 0 amide bonds. The molecule has 2 rings (SSSR count). The van der Waals surface area contributed by atoms with Gasteiger partial charge in [-0.05, 0) is 36.6 Å². The quantitative estimate of drug-likeness (QED) is 0.781. The van der Waals surface area contributed by atoms with Gasteiger partial charge in [0.25, 0.3) is 0 Å². The SMILES string of the molecule is Cc1ccc(S(=O)(=O)C/C=C\Sc2ccccc2)cc1. The molecule has 0 N–H and O–H groups in total. The summed E-state index contributed by atoms with van der Waals surface area (Å²) in [5.74, 6) is 0.0237. The van der Waals surface area contributed by atoms with Crippen molar-refractivity contribution in [2.24, 2.45) is 0 Å². The van der Waals surface area contributed by atoms with Gasteiger partial charge in [-0.25, -0.2) is 8.42 Å². The van der Waals surface area contributed by atoms with Crippen LogP contribution in [0.25, 0.3) is 0 Å². The lowest BCUT2D eigenvalue weighted by Gasteiger charge is -2.01. The van der Waals surface area contributed by atoms with E-state index in [1.807, 2.05) is 54.8 Å². The van der Waals surface area contributed by atoms with Gasteiger partial charge in [-0.1, -0.05) is 53.7 Å². The molecule has 0 heterocycles. The van der Waals surface area contributed by atoms with Crippen LogP contribution in [-0.2, 0) is 9.84 Å². The van der Waals surface area contributed by atoms with Gasteiger partial charge in [0.15, 0.2) is 9.84 Å². The Labute approximate surface area is 124 Å². The number of benzene rings is 2. The van der Waals surface area contributed by atoms with Gasteiger partial charge in [0, 0.05) is 4.90 Å². The van der Waals surface area contributed by atoms with Gasteiger partial charge in [-0.15, -0.1) is 0 Å². The summed E-state index contributed by atoms with van der Waals surface area (Å²) < 4.78 is 24.2. The number of thioether (sulfide) groups is 1. The van der Waals surface area contributed by atoms with Crippen molar-refractivity contribution in [1.29, 1.82) is 0 Å². The largest absolute Gasteiger partial charge is 0.223 e. The van der Waals surface area contributed by atoms with Gasteiger partial charge in [-0.3, -0.25) is 0 Å². The zero-order valence-corrected chi connectivity index (χ0v) is 12.8. The summed E-state index contributed by atoms with van der Waals surface area (Å²) in [6.45, 7) is 1.94. The van der Waals surface area contributed by atoms with Crippen LogP contribution in [0.1, 0.15) is 5.56 Å². The third-order valence-electron chi connectivity index (χ3n) is 2.74. The first kappa shape index (κ1) is 14.9. The van der Waals surface area contributed by atoms with Gasteiger partial charge >= 0.3 is 0 Å². The number of hydrogen-bond donors (Lipinski definition) is 0. The van der Waals surface area contributed by atoms with Crippen LogP contribution in [0.4, 0.5) is 0 Å². The molecule has 0 bridgehead atoms. The molecule has 0 aliphatic carbocycles. The van der Waals surface area contributed by atoms with Crippen molar-refractivity contribution in [2.45, 2.75) is 16.7 Å². The molecule has 0 saturated heterocycles. The predicted molar refractivity (Wildman–Crippen MR) is 84.7 cm³/mol. The lowest BCUT2D eigenvalue weighted by molar-refractivity contribution is 0.599. The molecule has 4 heteroatoms. The Balaban J connectivity index is 1.97. The highest BCUT2D eigenvalue weighted by Crippen LogP contribution is 2.19. The molecule has 20 heavy (non-hydrogen) atoms. The molecule has 104 valence electrons. The number of aryl methyl sites for hydroxylation is 1. The second kappa shape index (κ2) is 6.77. The monoisotopic (exact) mass is 304 g/mol. The molecule has 0 fully saturated rings. The Bertz CT molecular complexity index is 672. The van der Waals surface area contributed by atoms with Crippen molar-refractivity contribution in [3.63, 3.8) is 0 Å². The summed E-state index contributed by atoms with van der Waals surface area (Å²) in [7, 11) is -3.23. The number of hydrogen-bond acceptors (Lipinski definition) is 3. The minimum atomic E-state index is -3.23. The molecule has 0 atom stereocenters. The maximum atomic E-state index is 12.1. The van der Waals surface area contributed by atoms with E-state index in [0.29, 0.717) is 4.90 Å². The van der Waals surface area contributed by atoms with E-state index in [2.05, 4.69) is 0 Å². The third kappa shape index (κ3) is 4.25. The van der Waals surface area contributed by atoms with Crippen LogP contribution in [0, 0.1) is 6.92 Å². The molecule has 0 aliphatic heterocycles. The van der Waals surface area contributed by atoms with E-state index in [-0.39, 0.29) is 5.75 Å². The summed E-state index contributed by atoms with van der Waals surface area (Å²) in [6, 6.07) is 16.8. The Morgan fingerprint density at radius 3 is 2.30 bits per heavy atom. The van der Waals surface area contributed by atoms with Crippen LogP contribution in [0.3, 0.4) is 0 Å². The highest BCUT2D eigenvalue weighted by atomic mass is 32.2. The number of rotatable bonds is 5. The van der Waals surface area contributed by atoms with Gasteiger partial charge in [0.05, 0.1) is 10.6 Å². The molecule has 2 nitrogen and oxygen atoms in total. The summed E-state index contributed by atoms with van der Waals surface area (Å²) in [4.78, 5) is 1.47. The molecule has 2 aromatic carbocycles. The smallest absolute Gasteiger partial charge is 0.181 e. The minimum Gasteiger partial charge on any atom is -0.223 e. The van der Waals surface area contributed by atoms with Crippen molar-refractivity contribution in [2.75, 3.05) is 5.75 Å². The van der Waals surface area contributed by atoms with E-state index >= 15 is 0 Å². The Kier molecular flexibility index (Phi) is 5.04. The van der Waals surface area contributed by atoms with Gasteiger partial charge < -0.3 is 0 Å². The lowest BCUT2D eigenvalue weighted by Crippen LogP contribution is -2.04. The van der Waals surface area contributed by atoms with Gasteiger partial charge in [0.2, 0.25) is 0 Å². The molecule has 0 aliphatic rings. The first-order valence-corrected chi connectivity index (χ1v) is 8.77. The van der Waals surface area contributed by atoms with E-state index < -0.39 is 9.84 Å². The minimum absolute atomic E-state index is 0.0237. The van der Waals surface area contributed by atoms with E-state index in [1.54, 1.807) is 18.2 Å². The fraction of sp³-hybridized carbons (Fsp3) is 0.125. The second-order valence-corrected chi connectivity index (χ2v) is 7.41. The highest BCUT2D eigenvalue weighted by molar-refractivity contribution is 8.02. The second-order valence-electron chi connectivity index (χ2n) is 4.40. The Morgan fingerprint density at radius 2 is 1.65 bits per heavy atom. The molecule has 2 aromatic rings. The van der Waals surface area contributed by atoms with E-state index in [0.717, 1.165) is 10.5 Å². The van der Waals surface area contributed by atoms with Crippen LogP contribution in [0.5, 0.6) is 0 Å². The molecule has 0 radical (unpaired) electrons. The van der Waals surface area contributed by atoms with Crippen LogP contribution in [0.15, 0.2) is 75.9 Å². The molecular weight excluding hydrogens is 288 g/mol. The van der Waals surface area contributed by atoms with Crippen LogP contribution < -0.4 is 0 Å². The predicted octanol–water partition coefficient (Wildman–Crippen LogP) is 4.07. The molecule has 0 unspecified atom stereocenters. The van der Waals surface area contributed by atoms with E-state index in [9.17, 15) is 8.42 Å². The first-order valence-electron chi connectivity index (χ1n) is 6.24. The van der Waals surface area contributed by atoms with Crippen molar-refractivity contribution in [3.8, 4) is 0 Å². The average molecular weight is 304 g/mol. The molecule has 0 saturated carbocycles. The first-order chi connectivity index (χ1) is 9.58. The van der Waals surface area contributed by atoms with Crippen molar-refractivity contribution in [3.05, 3.63) is 71.6 Å². The fourth-order valence-electron chi connectivity index (χ4n) is 1.63. The van der Waals surface area contributed by atoms with Gasteiger partial charge in [-0.2, -0.15) is 0 Å². The van der Waals surface area contributed by atoms with E-state index in [1.165, 1.54) is 11.8 Å². The zero-order chi connectivity index (χ0) is 14.4. The third-order valence-corrected chi connectivity index (χ3v) is 5.23. The molecular formula is C16H16O2S2. The van der Waals surface area contributed by atoms with Gasteiger partial charge in [0.1, 0.15) is 0 Å². The fourth-order valence-corrected chi connectivity index (χ4v) is 3.51. The van der Waals surface area contributed by atoms with E-state index in [4.69, 9.17) is 0 Å². The van der Waals surface area contributed by atoms with Crippen LogP contribution in [0.2, 0.25) is 0 Å². The van der Waals surface area contributed by atoms with Crippen molar-refractivity contribution in [1.82, 2.24) is 0 Å². The number of sulfone groups is 1. The Hall–Kier alpha value is -1.52. The maximum Gasteiger partial charge on any atom is 0.181 e. The normalized spacial score (nSPS) is 11.8. The highest BCUT2D eigenvalue weighted by Gasteiger charge is 2.11. The average Bonchev–Trinajstić information content (AvgIpc) is 2.45. The summed E-state index contributed by atoms with van der Waals surface area (Å²) in [6.07, 6.45) is 1.69. The van der Waals surface area contributed by atoms with Crippen LogP contribution >= 0.6 is 11.8 Å². The van der Waals surface area contributed by atoms with Crippen molar-refractivity contribution < 1.29 is 8.42 Å². The molecule has 0 aromatic heterocycles. The lowest BCUT2D eigenvalue weighted by atomic mass is 10.2. The summed E-state index contributed by atoms with van der Waals surface area (Å²) in [5, 5.41) is 1.82. The Morgan fingerprint density at radius 1 is 1.00 bits per heavy atom. The zero-order valence-electron chi connectivity index (χ0n) is 11.2. The summed E-state index contributed by atoms with van der Waals surface area (Å²) >= 11 is 1.51. The van der Waals surface area contributed by atoms with Crippen LogP contribution in [-0.4, -0.2) is 14.2 Å². The van der Waals surface area contributed by atoms with Crippen molar-refractivity contribution >= 4 is 21.6 Å².